The van der Waals surface area contributed by atoms with E-state index in [0.717, 1.165) is 43.6 Å². The van der Waals surface area contributed by atoms with Crippen LogP contribution in [-0.2, 0) is 11.3 Å². The predicted molar refractivity (Wildman–Crippen MR) is 112 cm³/mol. The van der Waals surface area contributed by atoms with Crippen molar-refractivity contribution in [2.45, 2.75) is 25.4 Å². The van der Waals surface area contributed by atoms with Gasteiger partial charge in [-0.3, -0.25) is 9.69 Å². The lowest BCUT2D eigenvalue weighted by Crippen LogP contribution is -2.27. The van der Waals surface area contributed by atoms with Crippen molar-refractivity contribution < 1.29 is 9.90 Å². The molecule has 1 aromatic heterocycles. The van der Waals surface area contributed by atoms with Crippen LogP contribution in [0.1, 0.15) is 30.0 Å². The van der Waals surface area contributed by atoms with Crippen LogP contribution >= 0.6 is 0 Å². The van der Waals surface area contributed by atoms with Crippen LogP contribution in [0.5, 0.6) is 5.75 Å². The summed E-state index contributed by atoms with van der Waals surface area (Å²) < 4.78 is 2.29. The monoisotopic (exact) mass is 375 g/mol. The Hall–Kier alpha value is -3.05. The maximum absolute atomic E-state index is 10.9. The van der Waals surface area contributed by atoms with Gasteiger partial charge in [0, 0.05) is 42.5 Å². The number of nitrogens with two attached hydrogens (primary N) is 1. The lowest BCUT2D eigenvalue weighted by atomic mass is 10.0. The van der Waals surface area contributed by atoms with Crippen LogP contribution in [0, 0.1) is 0 Å². The van der Waals surface area contributed by atoms with E-state index in [9.17, 15) is 9.90 Å². The maximum atomic E-state index is 10.9. The topological polar surface area (TPSA) is 71.5 Å². The molecule has 1 saturated heterocycles. The van der Waals surface area contributed by atoms with E-state index in [0.29, 0.717) is 0 Å². The van der Waals surface area contributed by atoms with Gasteiger partial charge in [-0.15, -0.1) is 0 Å². The molecule has 144 valence electrons. The largest absolute Gasteiger partial charge is 0.508 e. The highest BCUT2D eigenvalue weighted by molar-refractivity contribution is 5.90. The first kappa shape index (κ1) is 18.3. The molecule has 28 heavy (non-hydrogen) atoms. The Kier molecular flexibility index (Phi) is 5.17. The van der Waals surface area contributed by atoms with E-state index in [-0.39, 0.29) is 11.8 Å². The van der Waals surface area contributed by atoms with E-state index in [1.165, 1.54) is 17.0 Å². The molecule has 1 aliphatic rings. The van der Waals surface area contributed by atoms with Crippen molar-refractivity contribution in [1.82, 2.24) is 9.47 Å². The third-order valence-corrected chi connectivity index (χ3v) is 5.53. The Morgan fingerprint density at radius 1 is 1.18 bits per heavy atom. The predicted octanol–water partition coefficient (Wildman–Crippen LogP) is 3.68. The summed E-state index contributed by atoms with van der Waals surface area (Å²) in [6.45, 7) is 2.89. The summed E-state index contributed by atoms with van der Waals surface area (Å²) in [4.78, 5) is 13.3. The van der Waals surface area contributed by atoms with Crippen LogP contribution in [0.4, 0.5) is 0 Å². The lowest BCUT2D eigenvalue weighted by molar-refractivity contribution is -0.113. The van der Waals surface area contributed by atoms with Gasteiger partial charge in [-0.2, -0.15) is 0 Å². The summed E-state index contributed by atoms with van der Waals surface area (Å²) in [5.74, 6) is -0.224. The number of hydrogen-bond acceptors (Lipinski definition) is 3. The van der Waals surface area contributed by atoms with Crippen LogP contribution in [0.3, 0.4) is 0 Å². The molecule has 2 aromatic carbocycles. The molecular weight excluding hydrogens is 350 g/mol. The number of phenols is 1. The van der Waals surface area contributed by atoms with Gasteiger partial charge in [-0.1, -0.05) is 30.3 Å². The molecule has 0 saturated carbocycles. The minimum absolute atomic E-state index is 0.219. The third-order valence-electron chi connectivity index (χ3n) is 5.53. The molecule has 5 heteroatoms. The number of aromatic nitrogens is 1. The van der Waals surface area contributed by atoms with E-state index in [2.05, 4.69) is 46.0 Å². The van der Waals surface area contributed by atoms with Crippen molar-refractivity contribution in [2.75, 3.05) is 13.1 Å². The summed E-state index contributed by atoms with van der Waals surface area (Å²) in [5, 5.41) is 11.8. The average Bonchev–Trinajstić information content (AvgIpc) is 3.31. The first-order valence-corrected chi connectivity index (χ1v) is 9.70. The van der Waals surface area contributed by atoms with Crippen molar-refractivity contribution in [3.05, 3.63) is 71.9 Å². The molecule has 1 fully saturated rings. The van der Waals surface area contributed by atoms with Gasteiger partial charge in [-0.05, 0) is 54.6 Å². The molecule has 3 N–H and O–H groups in total. The zero-order chi connectivity index (χ0) is 19.5. The number of likely N-dealkylation sites (tertiary alicyclic amines) is 1. The fourth-order valence-corrected chi connectivity index (χ4v) is 4.14. The number of hydrogen-bond donors (Lipinski definition) is 2. The first-order chi connectivity index (χ1) is 13.6. The summed E-state index contributed by atoms with van der Waals surface area (Å²) in [5.41, 5.74) is 8.11. The summed E-state index contributed by atoms with van der Waals surface area (Å²) >= 11 is 0. The molecule has 1 unspecified atom stereocenters. The van der Waals surface area contributed by atoms with Gasteiger partial charge in [0.25, 0.3) is 0 Å². The highest BCUT2D eigenvalue weighted by Gasteiger charge is 2.27. The Balaban J connectivity index is 1.48. The molecule has 4 rings (SSSR count). The van der Waals surface area contributed by atoms with Crippen LogP contribution < -0.4 is 5.73 Å². The molecule has 0 bridgehead atoms. The van der Waals surface area contributed by atoms with Gasteiger partial charge >= 0.3 is 0 Å². The summed E-state index contributed by atoms with van der Waals surface area (Å²) in [7, 11) is 0. The Morgan fingerprint density at radius 2 is 2.04 bits per heavy atom. The van der Waals surface area contributed by atoms with Gasteiger partial charge < -0.3 is 15.4 Å². The number of phenolic OH excluding ortho intramolecular Hbond substituents is 1. The fourth-order valence-electron chi connectivity index (χ4n) is 4.14. The minimum atomic E-state index is -0.497. The number of primary amides is 1. The number of fused-ring (bicyclic) bond motifs is 1. The third kappa shape index (κ3) is 3.80. The molecule has 0 spiro atoms. The van der Waals surface area contributed by atoms with Gasteiger partial charge in [0.15, 0.2) is 0 Å². The molecule has 0 aliphatic carbocycles. The number of aromatic hydroxyl groups is 1. The van der Waals surface area contributed by atoms with Crippen LogP contribution in [0.2, 0.25) is 0 Å². The van der Waals surface area contributed by atoms with Gasteiger partial charge in [0.05, 0.1) is 0 Å². The number of rotatable bonds is 6. The highest BCUT2D eigenvalue weighted by atomic mass is 16.3. The lowest BCUT2D eigenvalue weighted by Gasteiger charge is -2.26. The Morgan fingerprint density at radius 3 is 2.86 bits per heavy atom. The van der Waals surface area contributed by atoms with Crippen LogP contribution in [-0.4, -0.2) is 33.6 Å². The van der Waals surface area contributed by atoms with Crippen LogP contribution in [0.15, 0.2) is 60.8 Å². The van der Waals surface area contributed by atoms with Crippen molar-refractivity contribution in [3.63, 3.8) is 0 Å². The summed E-state index contributed by atoms with van der Waals surface area (Å²) in [6, 6.07) is 16.4. The van der Waals surface area contributed by atoms with Crippen molar-refractivity contribution >= 4 is 22.9 Å². The molecule has 1 atom stereocenters. The smallest absolute Gasteiger partial charge is 0.241 e. The second-order valence-electron chi connectivity index (χ2n) is 7.32. The quantitative estimate of drug-likeness (QED) is 0.646. The highest BCUT2D eigenvalue weighted by Crippen LogP contribution is 2.37. The van der Waals surface area contributed by atoms with Gasteiger partial charge in [0.1, 0.15) is 5.75 Å². The first-order valence-electron chi connectivity index (χ1n) is 9.70. The van der Waals surface area contributed by atoms with Crippen LogP contribution in [0.25, 0.3) is 17.0 Å². The van der Waals surface area contributed by atoms with E-state index >= 15 is 0 Å². The minimum Gasteiger partial charge on any atom is -0.508 e. The Labute approximate surface area is 164 Å². The van der Waals surface area contributed by atoms with E-state index < -0.39 is 5.91 Å². The van der Waals surface area contributed by atoms with Crippen molar-refractivity contribution in [2.24, 2.45) is 5.73 Å². The second kappa shape index (κ2) is 7.90. The molecule has 0 radical (unpaired) electrons. The van der Waals surface area contributed by atoms with Crippen molar-refractivity contribution in [1.29, 1.82) is 0 Å². The van der Waals surface area contributed by atoms with Gasteiger partial charge in [0.2, 0.25) is 5.91 Å². The van der Waals surface area contributed by atoms with Crippen molar-refractivity contribution in [3.8, 4) is 5.75 Å². The summed E-state index contributed by atoms with van der Waals surface area (Å²) in [6.07, 6.45) is 7.23. The average molecular weight is 375 g/mol. The molecular formula is C23H25N3O2. The number of nitrogens with zero attached hydrogens (tertiary/aromatic N) is 2. The molecule has 1 aliphatic heterocycles. The number of carbonyl (C=O) groups is 1. The molecule has 5 nitrogen and oxygen atoms in total. The normalized spacial score (nSPS) is 17.6. The number of benzene rings is 2. The second-order valence-corrected chi connectivity index (χ2v) is 7.32. The molecule has 1 amide bonds. The van der Waals surface area contributed by atoms with E-state index in [1.807, 2.05) is 12.1 Å². The molecule has 3 aromatic rings. The maximum Gasteiger partial charge on any atom is 0.241 e. The van der Waals surface area contributed by atoms with Gasteiger partial charge in [-0.25, -0.2) is 0 Å². The fraction of sp³-hybridized carbons (Fsp3) is 0.261. The molecule has 2 heterocycles. The number of amides is 1. The van der Waals surface area contributed by atoms with E-state index in [1.54, 1.807) is 12.1 Å². The zero-order valence-corrected chi connectivity index (χ0v) is 15.8. The standard InChI is InChI=1S/C23H25N3O2/c24-23(28)10-8-17-7-9-19(22(27)16-17)21-6-3-12-25(21)14-15-26-13-11-18-4-1-2-5-20(18)26/h1-2,4-5,7-11,13,16,21,27H,3,6,12,14-15H2,(H2,24,28)/b10-8+. The SMILES string of the molecule is NC(=O)/C=C/c1ccc(C2CCCN2CCn2ccc3ccccc32)c(O)c1. The van der Waals surface area contributed by atoms with E-state index in [4.69, 9.17) is 5.73 Å². The number of carbonyl (C=O) groups excluding carboxylic acids is 1. The zero-order valence-electron chi connectivity index (χ0n) is 15.8. The number of para-hydroxylation sites is 1. The Bertz CT molecular complexity index is 1020.